The van der Waals surface area contributed by atoms with Crippen LogP contribution < -0.4 is 4.74 Å². The second-order valence-electron chi connectivity index (χ2n) is 4.82. The van der Waals surface area contributed by atoms with Gasteiger partial charge in [0, 0.05) is 11.8 Å². The Morgan fingerprint density at radius 3 is 2.41 bits per heavy atom. The third-order valence-corrected chi connectivity index (χ3v) is 3.45. The van der Waals surface area contributed by atoms with Gasteiger partial charge in [0.05, 0.1) is 7.11 Å². The standard InChI is InChI=1S/C19H15NO2/c1-22-15-10-11-16(19(21)18-9-5-6-12-20-18)17(13-15)14-7-3-2-4-8-14/h2-13H,1H3. The van der Waals surface area contributed by atoms with E-state index >= 15 is 0 Å². The number of carbonyl (C=O) groups excluding carboxylic acids is 1. The summed E-state index contributed by atoms with van der Waals surface area (Å²) in [5, 5.41) is 0. The Balaban J connectivity index is 2.14. The van der Waals surface area contributed by atoms with Crippen molar-refractivity contribution in [2.45, 2.75) is 0 Å². The molecule has 0 unspecified atom stereocenters. The van der Waals surface area contributed by atoms with Crippen molar-refractivity contribution in [1.29, 1.82) is 0 Å². The van der Waals surface area contributed by atoms with Crippen LogP contribution in [-0.2, 0) is 0 Å². The molecule has 3 aromatic rings. The van der Waals surface area contributed by atoms with Gasteiger partial charge < -0.3 is 4.74 Å². The van der Waals surface area contributed by atoms with E-state index in [0.717, 1.165) is 16.9 Å². The molecule has 0 aliphatic heterocycles. The van der Waals surface area contributed by atoms with Crippen molar-refractivity contribution < 1.29 is 9.53 Å². The van der Waals surface area contributed by atoms with Crippen LogP contribution in [0.4, 0.5) is 0 Å². The lowest BCUT2D eigenvalue weighted by Crippen LogP contribution is -2.05. The summed E-state index contributed by atoms with van der Waals surface area (Å²) in [6.45, 7) is 0. The maximum absolute atomic E-state index is 12.7. The zero-order valence-electron chi connectivity index (χ0n) is 12.2. The molecule has 3 rings (SSSR count). The lowest BCUT2D eigenvalue weighted by atomic mass is 9.95. The Labute approximate surface area is 129 Å². The maximum atomic E-state index is 12.7. The minimum absolute atomic E-state index is 0.0953. The fourth-order valence-corrected chi connectivity index (χ4v) is 2.34. The molecule has 0 atom stereocenters. The molecule has 0 radical (unpaired) electrons. The highest BCUT2D eigenvalue weighted by Crippen LogP contribution is 2.29. The van der Waals surface area contributed by atoms with Crippen molar-refractivity contribution in [3.8, 4) is 16.9 Å². The summed E-state index contributed by atoms with van der Waals surface area (Å²) < 4.78 is 5.29. The number of hydrogen-bond donors (Lipinski definition) is 0. The van der Waals surface area contributed by atoms with Crippen molar-refractivity contribution in [3.05, 3.63) is 84.2 Å². The van der Waals surface area contributed by atoms with Crippen molar-refractivity contribution in [1.82, 2.24) is 4.98 Å². The van der Waals surface area contributed by atoms with Gasteiger partial charge in [-0.2, -0.15) is 0 Å². The fourth-order valence-electron chi connectivity index (χ4n) is 2.34. The van der Waals surface area contributed by atoms with E-state index in [9.17, 15) is 4.79 Å². The summed E-state index contributed by atoms with van der Waals surface area (Å²) >= 11 is 0. The Hall–Kier alpha value is -2.94. The van der Waals surface area contributed by atoms with Crippen molar-refractivity contribution >= 4 is 5.78 Å². The summed E-state index contributed by atoms with van der Waals surface area (Å²) in [6, 6.07) is 20.6. The first-order chi connectivity index (χ1) is 10.8. The minimum Gasteiger partial charge on any atom is -0.497 e. The third-order valence-electron chi connectivity index (χ3n) is 3.45. The summed E-state index contributed by atoms with van der Waals surface area (Å²) in [5.41, 5.74) is 2.87. The molecule has 0 N–H and O–H groups in total. The van der Waals surface area contributed by atoms with Crippen molar-refractivity contribution in [3.63, 3.8) is 0 Å². The summed E-state index contributed by atoms with van der Waals surface area (Å²) in [5.74, 6) is 0.624. The zero-order valence-corrected chi connectivity index (χ0v) is 12.2. The van der Waals surface area contributed by atoms with Gasteiger partial charge in [0.2, 0.25) is 5.78 Å². The molecule has 0 saturated heterocycles. The monoisotopic (exact) mass is 289 g/mol. The highest BCUT2D eigenvalue weighted by atomic mass is 16.5. The molecule has 0 aliphatic carbocycles. The highest BCUT2D eigenvalue weighted by Gasteiger charge is 2.16. The topological polar surface area (TPSA) is 39.2 Å². The molecule has 1 aromatic heterocycles. The van der Waals surface area contributed by atoms with Gasteiger partial charge in [0.15, 0.2) is 0 Å². The minimum atomic E-state index is -0.0953. The van der Waals surface area contributed by atoms with E-state index in [1.807, 2.05) is 42.5 Å². The van der Waals surface area contributed by atoms with E-state index in [0.29, 0.717) is 11.3 Å². The average molecular weight is 289 g/mol. The number of hydrogen-bond acceptors (Lipinski definition) is 3. The van der Waals surface area contributed by atoms with E-state index in [1.54, 1.807) is 37.6 Å². The molecule has 0 fully saturated rings. The predicted octanol–water partition coefficient (Wildman–Crippen LogP) is 3.99. The number of carbonyl (C=O) groups is 1. The number of ether oxygens (including phenoxy) is 1. The molecular formula is C19H15NO2. The Morgan fingerprint density at radius 2 is 1.73 bits per heavy atom. The van der Waals surface area contributed by atoms with Gasteiger partial charge in [-0.15, -0.1) is 0 Å². The van der Waals surface area contributed by atoms with Crippen LogP contribution in [-0.4, -0.2) is 17.9 Å². The first-order valence-electron chi connectivity index (χ1n) is 6.99. The van der Waals surface area contributed by atoms with Crippen LogP contribution in [0.15, 0.2) is 72.9 Å². The number of benzene rings is 2. The largest absolute Gasteiger partial charge is 0.497 e. The molecule has 0 amide bonds. The molecule has 3 heteroatoms. The molecule has 0 bridgehead atoms. The lowest BCUT2D eigenvalue weighted by Gasteiger charge is -2.11. The zero-order chi connectivity index (χ0) is 15.4. The molecule has 0 aliphatic rings. The Kier molecular flexibility index (Phi) is 3.97. The number of aromatic nitrogens is 1. The van der Waals surface area contributed by atoms with Crippen LogP contribution in [0.3, 0.4) is 0 Å². The normalized spacial score (nSPS) is 10.2. The first kappa shape index (κ1) is 14.0. The van der Waals surface area contributed by atoms with Gasteiger partial charge >= 0.3 is 0 Å². The number of rotatable bonds is 4. The van der Waals surface area contributed by atoms with Crippen LogP contribution in [0.25, 0.3) is 11.1 Å². The summed E-state index contributed by atoms with van der Waals surface area (Å²) in [7, 11) is 1.62. The number of methoxy groups -OCH3 is 1. The summed E-state index contributed by atoms with van der Waals surface area (Å²) in [6.07, 6.45) is 1.62. The van der Waals surface area contributed by atoms with Crippen molar-refractivity contribution in [2.24, 2.45) is 0 Å². The van der Waals surface area contributed by atoms with E-state index in [1.165, 1.54) is 0 Å². The van der Waals surface area contributed by atoms with Crippen LogP contribution >= 0.6 is 0 Å². The molecule has 1 heterocycles. The molecular weight excluding hydrogens is 274 g/mol. The number of ketones is 1. The van der Waals surface area contributed by atoms with Gasteiger partial charge in [0.1, 0.15) is 11.4 Å². The van der Waals surface area contributed by atoms with E-state index in [2.05, 4.69) is 4.98 Å². The summed E-state index contributed by atoms with van der Waals surface area (Å²) in [4.78, 5) is 16.9. The third kappa shape index (κ3) is 2.74. The lowest BCUT2D eigenvalue weighted by molar-refractivity contribution is 0.103. The second kappa shape index (κ2) is 6.22. The van der Waals surface area contributed by atoms with E-state index in [-0.39, 0.29) is 5.78 Å². The molecule has 3 nitrogen and oxygen atoms in total. The van der Waals surface area contributed by atoms with Crippen LogP contribution in [0, 0.1) is 0 Å². The molecule has 2 aromatic carbocycles. The molecule has 0 spiro atoms. The Morgan fingerprint density at radius 1 is 0.955 bits per heavy atom. The van der Waals surface area contributed by atoms with Crippen LogP contribution in [0.5, 0.6) is 5.75 Å². The first-order valence-corrected chi connectivity index (χ1v) is 6.99. The van der Waals surface area contributed by atoms with Gasteiger partial charge in [-0.1, -0.05) is 36.4 Å². The van der Waals surface area contributed by atoms with Crippen LogP contribution in [0.2, 0.25) is 0 Å². The van der Waals surface area contributed by atoms with E-state index in [4.69, 9.17) is 4.74 Å². The van der Waals surface area contributed by atoms with Gasteiger partial charge in [-0.05, 0) is 41.5 Å². The molecule has 22 heavy (non-hydrogen) atoms. The van der Waals surface area contributed by atoms with Gasteiger partial charge in [-0.25, -0.2) is 0 Å². The number of nitrogens with zero attached hydrogens (tertiary/aromatic N) is 1. The highest BCUT2D eigenvalue weighted by molar-refractivity contribution is 6.11. The molecule has 108 valence electrons. The van der Waals surface area contributed by atoms with Crippen LogP contribution in [0.1, 0.15) is 16.1 Å². The smallest absolute Gasteiger partial charge is 0.211 e. The second-order valence-corrected chi connectivity index (χ2v) is 4.82. The SMILES string of the molecule is COc1ccc(C(=O)c2ccccn2)c(-c2ccccc2)c1. The predicted molar refractivity (Wildman–Crippen MR) is 86.1 cm³/mol. The van der Waals surface area contributed by atoms with Gasteiger partial charge in [0.25, 0.3) is 0 Å². The molecule has 0 saturated carbocycles. The van der Waals surface area contributed by atoms with Crippen molar-refractivity contribution in [2.75, 3.05) is 7.11 Å². The average Bonchev–Trinajstić information content (AvgIpc) is 2.62. The van der Waals surface area contributed by atoms with E-state index < -0.39 is 0 Å². The fraction of sp³-hybridized carbons (Fsp3) is 0.0526. The number of pyridine rings is 1. The quantitative estimate of drug-likeness (QED) is 0.682. The maximum Gasteiger partial charge on any atom is 0.211 e. The Bertz CT molecular complexity index is 783. The van der Waals surface area contributed by atoms with Gasteiger partial charge in [-0.3, -0.25) is 9.78 Å².